The predicted octanol–water partition coefficient (Wildman–Crippen LogP) is 3.41. The zero-order chi connectivity index (χ0) is 11.5. The van der Waals surface area contributed by atoms with E-state index in [4.69, 9.17) is 0 Å². The summed E-state index contributed by atoms with van der Waals surface area (Å²) in [6, 6.07) is 0. The average molecular weight is 260 g/mol. The quantitative estimate of drug-likeness (QED) is 0.821. The summed E-state index contributed by atoms with van der Waals surface area (Å²) >= 11 is 4.04. The van der Waals surface area contributed by atoms with E-state index in [1.165, 1.54) is 37.2 Å². The second-order valence-corrected chi connectivity index (χ2v) is 8.19. The van der Waals surface area contributed by atoms with E-state index in [1.54, 1.807) is 0 Å². The van der Waals surface area contributed by atoms with E-state index < -0.39 is 0 Å². The van der Waals surface area contributed by atoms with Gasteiger partial charge in [-0.3, -0.25) is 0 Å². The first-order valence-electron chi connectivity index (χ1n) is 6.59. The van der Waals surface area contributed by atoms with E-state index in [1.807, 2.05) is 23.5 Å². The lowest BCUT2D eigenvalue weighted by atomic mass is 9.79. The average Bonchev–Trinajstić information content (AvgIpc) is 2.30. The van der Waals surface area contributed by atoms with Crippen LogP contribution in [0.2, 0.25) is 0 Å². The first-order valence-corrected chi connectivity index (χ1v) is 8.69. The molecule has 2 fully saturated rings. The van der Waals surface area contributed by atoms with E-state index in [-0.39, 0.29) is 6.10 Å². The Balaban J connectivity index is 1.88. The van der Waals surface area contributed by atoms with Gasteiger partial charge >= 0.3 is 0 Å². The Hall–Kier alpha value is 0.660. The van der Waals surface area contributed by atoms with Gasteiger partial charge in [0, 0.05) is 22.0 Å². The zero-order valence-electron chi connectivity index (χ0n) is 10.4. The summed E-state index contributed by atoms with van der Waals surface area (Å²) in [6.07, 6.45) is 5.08. The summed E-state index contributed by atoms with van der Waals surface area (Å²) in [5, 5.41) is 11.6. The molecular formula is C13H24OS2. The van der Waals surface area contributed by atoms with Crippen molar-refractivity contribution in [3.63, 3.8) is 0 Å². The van der Waals surface area contributed by atoms with Gasteiger partial charge in [-0.1, -0.05) is 26.7 Å². The van der Waals surface area contributed by atoms with Gasteiger partial charge in [-0.25, -0.2) is 0 Å². The standard InChI is InChI=1S/C13H24OS2/c1-9-3-5-11(6-4-9)12(14)13-10(2)15-7-8-16-13/h9-14H,3-8H2,1-2H3. The molecular weight excluding hydrogens is 236 g/mol. The minimum atomic E-state index is -0.0553. The Bertz CT molecular complexity index is 214. The minimum Gasteiger partial charge on any atom is -0.392 e. The van der Waals surface area contributed by atoms with Crippen LogP contribution in [0.5, 0.6) is 0 Å². The molecule has 0 spiro atoms. The fourth-order valence-corrected chi connectivity index (χ4v) is 5.85. The summed E-state index contributed by atoms with van der Waals surface area (Å²) in [4.78, 5) is 0. The molecule has 1 heterocycles. The lowest BCUT2D eigenvalue weighted by Crippen LogP contribution is -2.40. The SMILES string of the molecule is CC1CCC(C(O)C2SCCSC2C)CC1. The molecule has 2 rings (SSSR count). The number of aliphatic hydroxyl groups is 1. The summed E-state index contributed by atoms with van der Waals surface area (Å²) < 4.78 is 0. The number of thioether (sulfide) groups is 2. The highest BCUT2D eigenvalue weighted by molar-refractivity contribution is 8.07. The monoisotopic (exact) mass is 260 g/mol. The number of hydrogen-bond donors (Lipinski definition) is 1. The Morgan fingerprint density at radius 2 is 1.62 bits per heavy atom. The van der Waals surface area contributed by atoms with E-state index in [2.05, 4.69) is 13.8 Å². The van der Waals surface area contributed by atoms with Gasteiger partial charge in [0.2, 0.25) is 0 Å². The van der Waals surface area contributed by atoms with Crippen molar-refractivity contribution in [1.29, 1.82) is 0 Å². The fraction of sp³-hybridized carbons (Fsp3) is 1.00. The Labute approximate surface area is 108 Å². The van der Waals surface area contributed by atoms with Gasteiger partial charge < -0.3 is 5.11 Å². The van der Waals surface area contributed by atoms with Gasteiger partial charge in [-0.15, -0.1) is 0 Å². The van der Waals surface area contributed by atoms with Crippen LogP contribution in [0.25, 0.3) is 0 Å². The molecule has 16 heavy (non-hydrogen) atoms. The predicted molar refractivity (Wildman–Crippen MR) is 75.3 cm³/mol. The normalized spacial score (nSPS) is 42.9. The molecule has 1 N–H and O–H groups in total. The third-order valence-corrected chi connectivity index (χ3v) is 7.32. The largest absolute Gasteiger partial charge is 0.392 e. The first kappa shape index (κ1) is 13.1. The molecule has 1 aliphatic heterocycles. The molecule has 2 aliphatic rings. The molecule has 94 valence electrons. The van der Waals surface area contributed by atoms with Crippen molar-refractivity contribution in [2.75, 3.05) is 11.5 Å². The lowest BCUT2D eigenvalue weighted by Gasteiger charge is -2.38. The molecule has 0 aromatic rings. The molecule has 0 aromatic carbocycles. The van der Waals surface area contributed by atoms with Crippen LogP contribution in [0, 0.1) is 11.8 Å². The van der Waals surface area contributed by atoms with Crippen LogP contribution in [-0.4, -0.2) is 33.2 Å². The Kier molecular flexibility index (Phi) is 4.92. The van der Waals surface area contributed by atoms with E-state index >= 15 is 0 Å². The van der Waals surface area contributed by atoms with Crippen molar-refractivity contribution in [1.82, 2.24) is 0 Å². The highest BCUT2D eigenvalue weighted by Gasteiger charge is 2.35. The van der Waals surface area contributed by atoms with E-state index in [9.17, 15) is 5.11 Å². The van der Waals surface area contributed by atoms with Crippen molar-refractivity contribution >= 4 is 23.5 Å². The summed E-state index contributed by atoms with van der Waals surface area (Å²) in [5.74, 6) is 3.94. The molecule has 3 atom stereocenters. The van der Waals surface area contributed by atoms with Gasteiger partial charge in [0.25, 0.3) is 0 Å². The van der Waals surface area contributed by atoms with E-state index in [0.717, 1.165) is 5.92 Å². The molecule has 0 aromatic heterocycles. The maximum absolute atomic E-state index is 10.5. The van der Waals surface area contributed by atoms with Crippen molar-refractivity contribution in [2.24, 2.45) is 11.8 Å². The van der Waals surface area contributed by atoms with Crippen molar-refractivity contribution < 1.29 is 5.11 Å². The Morgan fingerprint density at radius 1 is 1.00 bits per heavy atom. The van der Waals surface area contributed by atoms with Gasteiger partial charge in [-0.2, -0.15) is 23.5 Å². The molecule has 1 saturated heterocycles. The summed E-state index contributed by atoms with van der Waals surface area (Å²) in [5.41, 5.74) is 0. The van der Waals surface area contributed by atoms with E-state index in [0.29, 0.717) is 16.4 Å². The highest BCUT2D eigenvalue weighted by Crippen LogP contribution is 2.39. The smallest absolute Gasteiger partial charge is 0.0697 e. The van der Waals surface area contributed by atoms with Gasteiger partial charge in [-0.05, 0) is 24.7 Å². The maximum atomic E-state index is 10.5. The number of rotatable bonds is 2. The third-order valence-electron chi connectivity index (χ3n) is 4.12. The topological polar surface area (TPSA) is 20.2 Å². The molecule has 1 saturated carbocycles. The second-order valence-electron chi connectivity index (χ2n) is 5.42. The van der Waals surface area contributed by atoms with Gasteiger partial charge in [0.05, 0.1) is 6.10 Å². The van der Waals surface area contributed by atoms with Crippen molar-refractivity contribution in [2.45, 2.75) is 56.1 Å². The molecule has 3 unspecified atom stereocenters. The fourth-order valence-electron chi connectivity index (χ4n) is 2.92. The lowest BCUT2D eigenvalue weighted by molar-refractivity contribution is 0.0739. The minimum absolute atomic E-state index is 0.0553. The Morgan fingerprint density at radius 3 is 2.25 bits per heavy atom. The van der Waals surface area contributed by atoms with Crippen LogP contribution >= 0.6 is 23.5 Å². The van der Waals surface area contributed by atoms with Crippen molar-refractivity contribution in [3.8, 4) is 0 Å². The number of aliphatic hydroxyl groups excluding tert-OH is 1. The van der Waals surface area contributed by atoms with Gasteiger partial charge in [0.1, 0.15) is 0 Å². The molecule has 1 aliphatic carbocycles. The van der Waals surface area contributed by atoms with Crippen LogP contribution in [0.3, 0.4) is 0 Å². The molecule has 0 bridgehead atoms. The van der Waals surface area contributed by atoms with Crippen LogP contribution in [0.15, 0.2) is 0 Å². The van der Waals surface area contributed by atoms with Gasteiger partial charge in [0.15, 0.2) is 0 Å². The van der Waals surface area contributed by atoms with Crippen LogP contribution < -0.4 is 0 Å². The zero-order valence-corrected chi connectivity index (χ0v) is 12.0. The number of hydrogen-bond acceptors (Lipinski definition) is 3. The summed E-state index contributed by atoms with van der Waals surface area (Å²) in [7, 11) is 0. The molecule has 0 radical (unpaired) electrons. The second kappa shape index (κ2) is 6.01. The third kappa shape index (κ3) is 3.11. The highest BCUT2D eigenvalue weighted by atomic mass is 32.2. The first-order chi connectivity index (χ1) is 7.68. The molecule has 0 amide bonds. The van der Waals surface area contributed by atoms with Crippen LogP contribution in [-0.2, 0) is 0 Å². The van der Waals surface area contributed by atoms with Crippen LogP contribution in [0.4, 0.5) is 0 Å². The van der Waals surface area contributed by atoms with Crippen molar-refractivity contribution in [3.05, 3.63) is 0 Å². The summed E-state index contributed by atoms with van der Waals surface area (Å²) in [6.45, 7) is 4.63. The molecule has 1 nitrogen and oxygen atoms in total. The molecule has 3 heteroatoms. The maximum Gasteiger partial charge on any atom is 0.0697 e. The van der Waals surface area contributed by atoms with Crippen LogP contribution in [0.1, 0.15) is 39.5 Å².